The van der Waals surface area contributed by atoms with Crippen LogP contribution in [-0.4, -0.2) is 24.6 Å². The molecule has 0 aliphatic rings. The van der Waals surface area contributed by atoms with Gasteiger partial charge in [-0.3, -0.25) is 4.79 Å². The SMILES string of the molecule is CCOC(=O)c1cccc(NC(=O)C(C)Oc2ccc(C(C)(C)c3ccccc3)cc2)c1. The van der Waals surface area contributed by atoms with E-state index in [1.165, 1.54) is 5.56 Å². The smallest absolute Gasteiger partial charge is 0.338 e. The van der Waals surface area contributed by atoms with Gasteiger partial charge >= 0.3 is 5.97 Å². The third-order valence-electron chi connectivity index (χ3n) is 5.39. The lowest BCUT2D eigenvalue weighted by Gasteiger charge is -2.26. The Morgan fingerprint density at radius 3 is 2.22 bits per heavy atom. The van der Waals surface area contributed by atoms with Crippen LogP contribution in [0.15, 0.2) is 78.9 Å². The molecule has 0 aromatic heterocycles. The summed E-state index contributed by atoms with van der Waals surface area (Å²) < 4.78 is 10.8. The third kappa shape index (κ3) is 5.55. The van der Waals surface area contributed by atoms with Crippen molar-refractivity contribution in [2.45, 2.75) is 39.2 Å². The number of hydrogen-bond acceptors (Lipinski definition) is 4. The van der Waals surface area contributed by atoms with Crippen molar-refractivity contribution in [1.82, 2.24) is 0 Å². The minimum atomic E-state index is -0.714. The molecule has 166 valence electrons. The Morgan fingerprint density at radius 2 is 1.56 bits per heavy atom. The summed E-state index contributed by atoms with van der Waals surface area (Å²) in [5, 5.41) is 2.78. The van der Waals surface area contributed by atoms with Gasteiger partial charge in [-0.05, 0) is 55.3 Å². The number of benzene rings is 3. The molecule has 0 bridgehead atoms. The zero-order valence-corrected chi connectivity index (χ0v) is 18.9. The van der Waals surface area contributed by atoms with Crippen molar-refractivity contribution in [3.05, 3.63) is 95.6 Å². The predicted octanol–water partition coefficient (Wildman–Crippen LogP) is 5.60. The molecule has 0 fully saturated rings. The van der Waals surface area contributed by atoms with Gasteiger partial charge in [0.15, 0.2) is 6.10 Å². The van der Waals surface area contributed by atoms with E-state index in [0.717, 1.165) is 5.56 Å². The minimum Gasteiger partial charge on any atom is -0.481 e. The first-order chi connectivity index (χ1) is 15.3. The summed E-state index contributed by atoms with van der Waals surface area (Å²) in [6, 6.07) is 24.8. The van der Waals surface area contributed by atoms with Crippen LogP contribution in [-0.2, 0) is 14.9 Å². The van der Waals surface area contributed by atoms with Crippen molar-refractivity contribution < 1.29 is 19.1 Å². The Morgan fingerprint density at radius 1 is 0.906 bits per heavy atom. The highest BCUT2D eigenvalue weighted by Gasteiger charge is 2.23. The zero-order chi connectivity index (χ0) is 23.1. The van der Waals surface area contributed by atoms with E-state index in [1.807, 2.05) is 42.5 Å². The minimum absolute atomic E-state index is 0.146. The molecule has 3 rings (SSSR count). The third-order valence-corrected chi connectivity index (χ3v) is 5.39. The van der Waals surface area contributed by atoms with Crippen LogP contribution in [0, 0.1) is 0 Å². The van der Waals surface area contributed by atoms with Crippen LogP contribution in [0.3, 0.4) is 0 Å². The summed E-state index contributed by atoms with van der Waals surface area (Å²) in [5.41, 5.74) is 3.13. The molecular formula is C27H29NO4. The van der Waals surface area contributed by atoms with E-state index in [0.29, 0.717) is 23.6 Å². The maximum Gasteiger partial charge on any atom is 0.338 e. The van der Waals surface area contributed by atoms with Crippen LogP contribution in [0.5, 0.6) is 5.75 Å². The van der Waals surface area contributed by atoms with Gasteiger partial charge in [-0.25, -0.2) is 4.79 Å². The number of nitrogens with one attached hydrogen (secondary N) is 1. The summed E-state index contributed by atoms with van der Waals surface area (Å²) in [7, 11) is 0. The maximum absolute atomic E-state index is 12.6. The van der Waals surface area contributed by atoms with Crippen LogP contribution in [0.25, 0.3) is 0 Å². The van der Waals surface area contributed by atoms with Gasteiger partial charge < -0.3 is 14.8 Å². The average Bonchev–Trinajstić information content (AvgIpc) is 2.80. The van der Waals surface area contributed by atoms with Crippen LogP contribution < -0.4 is 10.1 Å². The van der Waals surface area contributed by atoms with E-state index in [1.54, 1.807) is 38.1 Å². The van der Waals surface area contributed by atoms with Gasteiger partial charge in [-0.15, -0.1) is 0 Å². The molecule has 0 radical (unpaired) electrons. The van der Waals surface area contributed by atoms with Crippen molar-refractivity contribution in [2.75, 3.05) is 11.9 Å². The van der Waals surface area contributed by atoms with Crippen LogP contribution in [0.1, 0.15) is 49.2 Å². The van der Waals surface area contributed by atoms with Crippen molar-refractivity contribution >= 4 is 17.6 Å². The summed E-state index contributed by atoms with van der Waals surface area (Å²) in [5.74, 6) is -0.119. The number of carbonyl (C=O) groups is 2. The van der Waals surface area contributed by atoms with Crippen LogP contribution in [0.2, 0.25) is 0 Å². The molecule has 1 N–H and O–H groups in total. The Labute approximate surface area is 189 Å². The summed E-state index contributed by atoms with van der Waals surface area (Å²) >= 11 is 0. The average molecular weight is 432 g/mol. The van der Waals surface area contributed by atoms with Gasteiger partial charge in [-0.2, -0.15) is 0 Å². The quantitative estimate of drug-likeness (QED) is 0.472. The molecule has 0 aliphatic heterocycles. The summed E-state index contributed by atoms with van der Waals surface area (Å²) in [6.45, 7) is 8.09. The number of hydrogen-bond donors (Lipinski definition) is 1. The highest BCUT2D eigenvalue weighted by atomic mass is 16.5. The number of amides is 1. The van der Waals surface area contributed by atoms with Gasteiger partial charge in [0.25, 0.3) is 5.91 Å². The molecule has 0 spiro atoms. The van der Waals surface area contributed by atoms with Gasteiger partial charge in [0.2, 0.25) is 0 Å². The Bertz CT molecular complexity index is 1060. The van der Waals surface area contributed by atoms with Gasteiger partial charge in [0.1, 0.15) is 5.75 Å². The second-order valence-electron chi connectivity index (χ2n) is 8.07. The largest absolute Gasteiger partial charge is 0.481 e. The molecule has 0 saturated carbocycles. The van der Waals surface area contributed by atoms with Crippen LogP contribution in [0.4, 0.5) is 5.69 Å². The van der Waals surface area contributed by atoms with E-state index in [2.05, 4.69) is 31.3 Å². The summed E-state index contributed by atoms with van der Waals surface area (Å²) in [4.78, 5) is 24.5. The van der Waals surface area contributed by atoms with Crippen molar-refractivity contribution in [3.63, 3.8) is 0 Å². The first-order valence-electron chi connectivity index (χ1n) is 10.7. The number of anilines is 1. The molecule has 1 atom stereocenters. The van der Waals surface area contributed by atoms with Crippen LogP contribution >= 0.6 is 0 Å². The van der Waals surface area contributed by atoms with Gasteiger partial charge in [-0.1, -0.05) is 62.4 Å². The first-order valence-corrected chi connectivity index (χ1v) is 10.7. The Hall–Kier alpha value is -3.60. The number of esters is 1. The molecule has 3 aromatic rings. The molecule has 3 aromatic carbocycles. The topological polar surface area (TPSA) is 64.6 Å². The molecular weight excluding hydrogens is 402 g/mol. The monoisotopic (exact) mass is 431 g/mol. The van der Waals surface area contributed by atoms with Gasteiger partial charge in [0.05, 0.1) is 12.2 Å². The number of ether oxygens (including phenoxy) is 2. The molecule has 5 heteroatoms. The number of carbonyl (C=O) groups excluding carboxylic acids is 2. The second kappa shape index (κ2) is 10.1. The molecule has 1 amide bonds. The molecule has 32 heavy (non-hydrogen) atoms. The van der Waals surface area contributed by atoms with E-state index in [9.17, 15) is 9.59 Å². The van der Waals surface area contributed by atoms with Crippen molar-refractivity contribution in [2.24, 2.45) is 0 Å². The fourth-order valence-electron chi connectivity index (χ4n) is 3.41. The first kappa shape index (κ1) is 23.1. The van der Waals surface area contributed by atoms with E-state index < -0.39 is 12.1 Å². The lowest BCUT2D eigenvalue weighted by Crippen LogP contribution is -2.30. The van der Waals surface area contributed by atoms with E-state index in [-0.39, 0.29) is 11.3 Å². The molecule has 5 nitrogen and oxygen atoms in total. The second-order valence-corrected chi connectivity index (χ2v) is 8.07. The fourth-order valence-corrected chi connectivity index (χ4v) is 3.41. The Balaban J connectivity index is 1.63. The molecule has 0 heterocycles. The molecule has 0 aliphatic carbocycles. The molecule has 0 saturated heterocycles. The maximum atomic E-state index is 12.6. The lowest BCUT2D eigenvalue weighted by atomic mass is 9.78. The van der Waals surface area contributed by atoms with E-state index in [4.69, 9.17) is 9.47 Å². The lowest BCUT2D eigenvalue weighted by molar-refractivity contribution is -0.122. The highest BCUT2D eigenvalue weighted by Crippen LogP contribution is 2.32. The normalized spacial score (nSPS) is 12.0. The van der Waals surface area contributed by atoms with Crippen molar-refractivity contribution in [3.8, 4) is 5.75 Å². The molecule has 1 unspecified atom stereocenters. The van der Waals surface area contributed by atoms with Crippen molar-refractivity contribution in [1.29, 1.82) is 0 Å². The fraction of sp³-hybridized carbons (Fsp3) is 0.259. The number of rotatable bonds is 8. The predicted molar refractivity (Wildman–Crippen MR) is 126 cm³/mol. The standard InChI is InChI=1S/C27H29NO4/c1-5-31-26(30)20-10-9-13-23(18-20)28-25(29)19(2)32-24-16-14-22(15-17-24)27(3,4)21-11-7-6-8-12-21/h6-19H,5H2,1-4H3,(H,28,29). The Kier molecular flexibility index (Phi) is 7.31. The summed E-state index contributed by atoms with van der Waals surface area (Å²) in [6.07, 6.45) is -0.714. The zero-order valence-electron chi connectivity index (χ0n) is 18.9. The highest BCUT2D eigenvalue weighted by molar-refractivity contribution is 5.96. The van der Waals surface area contributed by atoms with E-state index >= 15 is 0 Å². The van der Waals surface area contributed by atoms with Gasteiger partial charge in [0, 0.05) is 11.1 Å².